The van der Waals surface area contributed by atoms with Crippen LogP contribution in [0.1, 0.15) is 17.5 Å². The van der Waals surface area contributed by atoms with Crippen molar-refractivity contribution in [2.45, 2.75) is 19.3 Å². The average molecular weight is 292 g/mol. The van der Waals surface area contributed by atoms with Crippen LogP contribution >= 0.6 is 11.6 Å². The molecule has 2 aromatic rings. The third-order valence-electron chi connectivity index (χ3n) is 3.04. The molecule has 0 bridgehead atoms. The first-order valence-corrected chi connectivity index (χ1v) is 6.72. The highest BCUT2D eigenvalue weighted by atomic mass is 35.5. The van der Waals surface area contributed by atoms with Gasteiger partial charge in [-0.25, -0.2) is 4.39 Å². The van der Waals surface area contributed by atoms with Gasteiger partial charge < -0.3 is 5.73 Å². The quantitative estimate of drug-likeness (QED) is 0.851. The SMILES string of the molecule is Nc1cccc(CCC(=O)Cc2cc(Cl)ccc2F)c1. The Bertz CT molecular complexity index is 628. The summed E-state index contributed by atoms with van der Waals surface area (Å²) in [6, 6.07) is 11.7. The Labute approximate surface area is 122 Å². The van der Waals surface area contributed by atoms with Gasteiger partial charge in [0, 0.05) is 23.6 Å². The van der Waals surface area contributed by atoms with Crippen LogP contribution in [-0.2, 0) is 17.6 Å². The Morgan fingerprint density at radius 2 is 2.00 bits per heavy atom. The number of Topliss-reactive ketones (excluding diaryl/α,β-unsaturated/α-hetero) is 1. The number of rotatable bonds is 5. The summed E-state index contributed by atoms with van der Waals surface area (Å²) >= 11 is 5.80. The van der Waals surface area contributed by atoms with E-state index in [1.165, 1.54) is 18.2 Å². The molecule has 2 rings (SSSR count). The number of carbonyl (C=O) groups excluding carboxylic acids is 1. The normalized spacial score (nSPS) is 10.5. The minimum absolute atomic E-state index is 0.0198. The lowest BCUT2D eigenvalue weighted by Gasteiger charge is -2.05. The standard InChI is InChI=1S/C16H15ClFNO/c17-13-5-7-16(18)12(9-13)10-15(20)6-4-11-2-1-3-14(19)8-11/h1-3,5,7-9H,4,6,10,19H2. The predicted molar refractivity (Wildman–Crippen MR) is 79.3 cm³/mol. The van der Waals surface area contributed by atoms with Gasteiger partial charge in [0.25, 0.3) is 0 Å². The highest BCUT2D eigenvalue weighted by molar-refractivity contribution is 6.30. The highest BCUT2D eigenvalue weighted by Crippen LogP contribution is 2.16. The second kappa shape index (κ2) is 6.53. The third kappa shape index (κ3) is 4.07. The summed E-state index contributed by atoms with van der Waals surface area (Å²) in [7, 11) is 0. The molecule has 0 unspecified atom stereocenters. The summed E-state index contributed by atoms with van der Waals surface area (Å²) in [5.74, 6) is -0.416. The van der Waals surface area contributed by atoms with E-state index in [0.717, 1.165) is 5.56 Å². The minimum Gasteiger partial charge on any atom is -0.399 e. The molecule has 104 valence electrons. The Hall–Kier alpha value is -1.87. The van der Waals surface area contributed by atoms with Crippen molar-refractivity contribution in [2.24, 2.45) is 0 Å². The molecular formula is C16H15ClFNO. The first-order chi connectivity index (χ1) is 9.54. The number of anilines is 1. The van der Waals surface area contributed by atoms with Gasteiger partial charge in [0.15, 0.2) is 0 Å². The lowest BCUT2D eigenvalue weighted by molar-refractivity contribution is -0.118. The van der Waals surface area contributed by atoms with Crippen molar-refractivity contribution in [1.82, 2.24) is 0 Å². The number of ketones is 1. The predicted octanol–water partition coefficient (Wildman–Crippen LogP) is 3.81. The van der Waals surface area contributed by atoms with Crippen LogP contribution in [0, 0.1) is 5.82 Å². The molecular weight excluding hydrogens is 277 g/mol. The van der Waals surface area contributed by atoms with Gasteiger partial charge >= 0.3 is 0 Å². The number of benzene rings is 2. The summed E-state index contributed by atoms with van der Waals surface area (Å²) in [5, 5.41) is 0.435. The summed E-state index contributed by atoms with van der Waals surface area (Å²) in [4.78, 5) is 11.9. The van der Waals surface area contributed by atoms with Crippen LogP contribution in [0.2, 0.25) is 5.02 Å². The molecule has 20 heavy (non-hydrogen) atoms. The first kappa shape index (κ1) is 14.5. The molecule has 0 aliphatic rings. The number of aryl methyl sites for hydroxylation is 1. The fraction of sp³-hybridized carbons (Fsp3) is 0.188. The maximum absolute atomic E-state index is 13.5. The van der Waals surface area contributed by atoms with E-state index in [0.29, 0.717) is 29.1 Å². The topological polar surface area (TPSA) is 43.1 Å². The van der Waals surface area contributed by atoms with Gasteiger partial charge in [-0.2, -0.15) is 0 Å². The Kier molecular flexibility index (Phi) is 4.74. The fourth-order valence-electron chi connectivity index (χ4n) is 2.01. The van der Waals surface area contributed by atoms with E-state index in [1.807, 2.05) is 18.2 Å². The van der Waals surface area contributed by atoms with Gasteiger partial charge in [0.2, 0.25) is 0 Å². The number of halogens is 2. The van der Waals surface area contributed by atoms with Gasteiger partial charge in [0.05, 0.1) is 0 Å². The molecule has 2 N–H and O–H groups in total. The zero-order valence-electron chi connectivity index (χ0n) is 10.9. The molecule has 0 aromatic heterocycles. The monoisotopic (exact) mass is 291 g/mol. The van der Waals surface area contributed by atoms with Gasteiger partial charge in [-0.05, 0) is 47.9 Å². The smallest absolute Gasteiger partial charge is 0.137 e. The molecule has 0 spiro atoms. The molecule has 0 saturated heterocycles. The molecule has 0 aliphatic carbocycles. The molecule has 0 amide bonds. The summed E-state index contributed by atoms with van der Waals surface area (Å²) < 4.78 is 13.5. The summed E-state index contributed by atoms with van der Waals surface area (Å²) in [5.41, 5.74) is 7.70. The Morgan fingerprint density at radius 1 is 1.20 bits per heavy atom. The zero-order chi connectivity index (χ0) is 14.5. The van der Waals surface area contributed by atoms with E-state index in [1.54, 1.807) is 6.07 Å². The number of hydrogen-bond acceptors (Lipinski definition) is 2. The number of carbonyl (C=O) groups is 1. The van der Waals surface area contributed by atoms with E-state index in [2.05, 4.69) is 0 Å². The first-order valence-electron chi connectivity index (χ1n) is 6.34. The molecule has 0 aliphatic heterocycles. The third-order valence-corrected chi connectivity index (χ3v) is 3.27. The molecule has 4 heteroatoms. The highest BCUT2D eigenvalue weighted by Gasteiger charge is 2.09. The summed E-state index contributed by atoms with van der Waals surface area (Å²) in [6.07, 6.45) is 1.02. The van der Waals surface area contributed by atoms with E-state index in [9.17, 15) is 9.18 Å². The van der Waals surface area contributed by atoms with Crippen molar-refractivity contribution in [3.05, 3.63) is 64.4 Å². The van der Waals surface area contributed by atoms with E-state index in [4.69, 9.17) is 17.3 Å². The van der Waals surface area contributed by atoms with Crippen molar-refractivity contribution in [2.75, 3.05) is 5.73 Å². The maximum Gasteiger partial charge on any atom is 0.137 e. The van der Waals surface area contributed by atoms with Crippen molar-refractivity contribution in [1.29, 1.82) is 0 Å². The van der Waals surface area contributed by atoms with Crippen molar-refractivity contribution in [3.8, 4) is 0 Å². The van der Waals surface area contributed by atoms with Crippen molar-refractivity contribution in [3.63, 3.8) is 0 Å². The molecule has 0 saturated carbocycles. The zero-order valence-corrected chi connectivity index (χ0v) is 11.7. The van der Waals surface area contributed by atoms with Gasteiger partial charge in [-0.1, -0.05) is 23.7 Å². The van der Waals surface area contributed by atoms with Crippen molar-refractivity contribution >= 4 is 23.1 Å². The molecule has 2 aromatic carbocycles. The van der Waals surface area contributed by atoms with Crippen molar-refractivity contribution < 1.29 is 9.18 Å². The molecule has 0 heterocycles. The van der Waals surface area contributed by atoms with Crippen LogP contribution in [0.3, 0.4) is 0 Å². The van der Waals surface area contributed by atoms with Gasteiger partial charge in [0.1, 0.15) is 11.6 Å². The molecule has 0 radical (unpaired) electrons. The second-order valence-electron chi connectivity index (χ2n) is 4.70. The lowest BCUT2D eigenvalue weighted by atomic mass is 10.0. The Balaban J connectivity index is 1.94. The van der Waals surface area contributed by atoms with Crippen LogP contribution in [-0.4, -0.2) is 5.78 Å². The van der Waals surface area contributed by atoms with Gasteiger partial charge in [-0.15, -0.1) is 0 Å². The number of hydrogen-bond donors (Lipinski definition) is 1. The van der Waals surface area contributed by atoms with E-state index < -0.39 is 5.82 Å². The average Bonchev–Trinajstić information content (AvgIpc) is 2.41. The summed E-state index contributed by atoms with van der Waals surface area (Å²) in [6.45, 7) is 0. The van der Waals surface area contributed by atoms with Crippen LogP contribution < -0.4 is 5.73 Å². The van der Waals surface area contributed by atoms with E-state index in [-0.39, 0.29) is 12.2 Å². The molecule has 0 fully saturated rings. The second-order valence-corrected chi connectivity index (χ2v) is 5.13. The molecule has 0 atom stereocenters. The van der Waals surface area contributed by atoms with Crippen LogP contribution in [0.4, 0.5) is 10.1 Å². The largest absolute Gasteiger partial charge is 0.399 e. The van der Waals surface area contributed by atoms with E-state index >= 15 is 0 Å². The lowest BCUT2D eigenvalue weighted by Crippen LogP contribution is -2.06. The fourth-order valence-corrected chi connectivity index (χ4v) is 2.21. The van der Waals surface area contributed by atoms with Crippen LogP contribution in [0.15, 0.2) is 42.5 Å². The minimum atomic E-state index is -0.397. The Morgan fingerprint density at radius 3 is 2.75 bits per heavy atom. The van der Waals surface area contributed by atoms with Crippen LogP contribution in [0.5, 0.6) is 0 Å². The van der Waals surface area contributed by atoms with Gasteiger partial charge in [-0.3, -0.25) is 4.79 Å². The van der Waals surface area contributed by atoms with Crippen LogP contribution in [0.25, 0.3) is 0 Å². The maximum atomic E-state index is 13.5. The number of nitrogens with two attached hydrogens (primary N) is 1. The molecule has 2 nitrogen and oxygen atoms in total. The number of nitrogen functional groups attached to an aromatic ring is 1.